The third-order valence-electron chi connectivity index (χ3n) is 5.43. The summed E-state index contributed by atoms with van der Waals surface area (Å²) in [5, 5.41) is 8.23. The molecule has 1 aromatic carbocycles. The molecule has 2 aliphatic heterocycles. The Morgan fingerprint density at radius 2 is 2.11 bits per heavy atom. The quantitative estimate of drug-likeness (QED) is 0.768. The molecule has 2 saturated heterocycles. The van der Waals surface area contributed by atoms with Crippen LogP contribution >= 0.6 is 11.8 Å². The first-order valence-corrected chi connectivity index (χ1v) is 10.5. The molecule has 3 heterocycles. The molecule has 2 aliphatic rings. The van der Waals surface area contributed by atoms with Crippen molar-refractivity contribution in [2.24, 2.45) is 0 Å². The van der Waals surface area contributed by atoms with E-state index in [0.717, 1.165) is 12.0 Å². The van der Waals surface area contributed by atoms with Crippen LogP contribution in [0.5, 0.6) is 0 Å². The molecule has 28 heavy (non-hydrogen) atoms. The lowest BCUT2D eigenvalue weighted by Gasteiger charge is -2.34. The highest BCUT2D eigenvalue weighted by Crippen LogP contribution is 2.47. The summed E-state index contributed by atoms with van der Waals surface area (Å²) < 4.78 is 5.79. The number of carbonyl (C=O) groups excluding carboxylic acids is 2. The first kappa shape index (κ1) is 19.0. The summed E-state index contributed by atoms with van der Waals surface area (Å²) in [4.78, 5) is 29.0. The number of aromatic nitrogens is 2. The lowest BCUT2D eigenvalue weighted by atomic mass is 10.1. The van der Waals surface area contributed by atoms with Crippen molar-refractivity contribution in [1.82, 2.24) is 20.0 Å². The summed E-state index contributed by atoms with van der Waals surface area (Å²) in [5.41, 5.74) is 0.842. The highest BCUT2D eigenvalue weighted by atomic mass is 32.2. The van der Waals surface area contributed by atoms with Crippen molar-refractivity contribution < 1.29 is 14.0 Å². The highest BCUT2D eigenvalue weighted by Gasteiger charge is 2.53. The zero-order valence-corrected chi connectivity index (χ0v) is 17.1. The van der Waals surface area contributed by atoms with Crippen LogP contribution in [0.4, 0.5) is 0 Å². The number of rotatable bonds is 5. The predicted octanol–water partition coefficient (Wildman–Crippen LogP) is 2.93. The van der Waals surface area contributed by atoms with E-state index in [1.54, 1.807) is 21.6 Å². The third kappa shape index (κ3) is 3.30. The van der Waals surface area contributed by atoms with E-state index in [0.29, 0.717) is 24.0 Å². The Labute approximate surface area is 168 Å². The Bertz CT molecular complexity index is 885. The van der Waals surface area contributed by atoms with Gasteiger partial charge in [-0.25, -0.2) is 0 Å². The molecular weight excluding hydrogens is 376 g/mol. The molecule has 0 saturated carbocycles. The van der Waals surface area contributed by atoms with Gasteiger partial charge in [-0.05, 0) is 39.3 Å². The Morgan fingerprint density at radius 3 is 2.82 bits per heavy atom. The number of nitrogens with zero attached hydrogens (tertiary/aromatic N) is 4. The van der Waals surface area contributed by atoms with E-state index in [9.17, 15) is 9.59 Å². The fourth-order valence-electron chi connectivity index (χ4n) is 3.87. The van der Waals surface area contributed by atoms with Crippen LogP contribution in [0.2, 0.25) is 0 Å². The number of hydrogen-bond donors (Lipinski definition) is 0. The predicted molar refractivity (Wildman–Crippen MR) is 106 cm³/mol. The van der Waals surface area contributed by atoms with E-state index >= 15 is 0 Å². The first-order chi connectivity index (χ1) is 13.4. The van der Waals surface area contributed by atoms with Crippen molar-refractivity contribution in [3.05, 3.63) is 36.2 Å². The normalized spacial score (nSPS) is 24.1. The van der Waals surface area contributed by atoms with Crippen LogP contribution in [0.1, 0.15) is 39.5 Å². The largest absolute Gasteiger partial charge is 0.419 e. The van der Waals surface area contributed by atoms with Crippen LogP contribution in [0.25, 0.3) is 11.5 Å². The van der Waals surface area contributed by atoms with E-state index in [4.69, 9.17) is 4.42 Å². The van der Waals surface area contributed by atoms with E-state index < -0.39 is 6.04 Å². The molecule has 2 atom stereocenters. The van der Waals surface area contributed by atoms with Crippen molar-refractivity contribution in [2.45, 2.75) is 57.1 Å². The van der Waals surface area contributed by atoms with Crippen LogP contribution in [0.3, 0.4) is 0 Å². The molecule has 2 amide bonds. The summed E-state index contributed by atoms with van der Waals surface area (Å²) in [6.07, 6.45) is 1.31. The second-order valence-electron chi connectivity index (χ2n) is 7.69. The molecule has 0 bridgehead atoms. The summed E-state index contributed by atoms with van der Waals surface area (Å²) >= 11 is 1.70. The van der Waals surface area contributed by atoms with Gasteiger partial charge in [-0.15, -0.1) is 22.0 Å². The maximum atomic E-state index is 13.3. The minimum atomic E-state index is -0.427. The number of amides is 2. The van der Waals surface area contributed by atoms with Gasteiger partial charge in [-0.2, -0.15) is 0 Å². The van der Waals surface area contributed by atoms with Crippen LogP contribution in [0, 0.1) is 0 Å². The van der Waals surface area contributed by atoms with E-state index in [2.05, 4.69) is 17.1 Å². The molecule has 0 radical (unpaired) electrons. The molecule has 0 spiro atoms. The number of carbonyl (C=O) groups is 2. The monoisotopic (exact) mass is 400 g/mol. The average Bonchev–Trinajstić information content (AvgIpc) is 3.36. The topological polar surface area (TPSA) is 79.5 Å². The van der Waals surface area contributed by atoms with Gasteiger partial charge in [0.1, 0.15) is 6.04 Å². The Morgan fingerprint density at radius 1 is 1.36 bits per heavy atom. The van der Waals surface area contributed by atoms with Crippen molar-refractivity contribution in [3.8, 4) is 11.5 Å². The lowest BCUT2D eigenvalue weighted by molar-refractivity contribution is -0.145. The standard InChI is InChI=1S/C20H24N4O3S/c1-13(2)23(11-16-21-22-18(27-16)14-7-5-4-6-8-14)19(26)15-12-28-20(3)10-9-17(25)24(15)20/h4-8,13,15H,9-12H2,1-3H3/t15-,20-/m1/s1. The molecule has 2 aromatic rings. The smallest absolute Gasteiger partial charge is 0.247 e. The molecule has 0 aliphatic carbocycles. The molecule has 1 aromatic heterocycles. The summed E-state index contributed by atoms with van der Waals surface area (Å²) in [6.45, 7) is 6.20. The van der Waals surface area contributed by atoms with Gasteiger partial charge in [0.2, 0.25) is 23.6 Å². The van der Waals surface area contributed by atoms with Gasteiger partial charge in [0.25, 0.3) is 0 Å². The Kier molecular flexibility index (Phi) is 4.91. The van der Waals surface area contributed by atoms with Crippen LogP contribution in [-0.4, -0.2) is 54.5 Å². The fourth-order valence-corrected chi connectivity index (χ4v) is 5.29. The Hall–Kier alpha value is -2.35. The average molecular weight is 401 g/mol. The third-order valence-corrected chi connectivity index (χ3v) is 6.93. The minimum absolute atomic E-state index is 0.0471. The van der Waals surface area contributed by atoms with E-state index in [1.165, 1.54) is 0 Å². The molecule has 148 valence electrons. The molecule has 0 unspecified atom stereocenters. The molecule has 4 rings (SSSR count). The first-order valence-electron chi connectivity index (χ1n) is 9.53. The number of fused-ring (bicyclic) bond motifs is 1. The van der Waals surface area contributed by atoms with Gasteiger partial charge in [-0.1, -0.05) is 18.2 Å². The minimum Gasteiger partial charge on any atom is -0.419 e. The van der Waals surface area contributed by atoms with Gasteiger partial charge in [0.15, 0.2) is 0 Å². The maximum absolute atomic E-state index is 13.3. The van der Waals surface area contributed by atoms with Crippen molar-refractivity contribution in [2.75, 3.05) is 5.75 Å². The molecule has 2 fully saturated rings. The number of thioether (sulfide) groups is 1. The second-order valence-corrected chi connectivity index (χ2v) is 9.19. The fraction of sp³-hybridized carbons (Fsp3) is 0.500. The highest BCUT2D eigenvalue weighted by molar-refractivity contribution is 8.01. The summed E-state index contributed by atoms with van der Waals surface area (Å²) in [6, 6.07) is 9.07. The Balaban J connectivity index is 1.53. The van der Waals surface area contributed by atoms with Gasteiger partial charge in [0, 0.05) is 23.8 Å². The van der Waals surface area contributed by atoms with Crippen LogP contribution in [-0.2, 0) is 16.1 Å². The SMILES string of the molecule is CC(C)N(Cc1nnc(-c2ccccc2)o1)C(=O)[C@H]1CS[C@]2(C)CCC(=O)N12. The number of hydrogen-bond acceptors (Lipinski definition) is 6. The van der Waals surface area contributed by atoms with Gasteiger partial charge >= 0.3 is 0 Å². The van der Waals surface area contributed by atoms with Crippen LogP contribution in [0.15, 0.2) is 34.7 Å². The van der Waals surface area contributed by atoms with Gasteiger partial charge < -0.3 is 14.2 Å². The second kappa shape index (κ2) is 7.24. The molecule has 7 nitrogen and oxygen atoms in total. The summed E-state index contributed by atoms with van der Waals surface area (Å²) in [7, 11) is 0. The van der Waals surface area contributed by atoms with Crippen LogP contribution < -0.4 is 0 Å². The zero-order valence-electron chi connectivity index (χ0n) is 16.3. The lowest BCUT2D eigenvalue weighted by Crippen LogP contribution is -2.52. The van der Waals surface area contributed by atoms with E-state index in [1.807, 2.05) is 44.2 Å². The zero-order chi connectivity index (χ0) is 19.9. The van der Waals surface area contributed by atoms with Crippen molar-refractivity contribution in [3.63, 3.8) is 0 Å². The molecular formula is C20H24N4O3S. The van der Waals surface area contributed by atoms with Gasteiger partial charge in [0.05, 0.1) is 11.4 Å². The van der Waals surface area contributed by atoms with Crippen molar-refractivity contribution >= 4 is 23.6 Å². The molecule has 8 heteroatoms. The maximum Gasteiger partial charge on any atom is 0.247 e. The van der Waals surface area contributed by atoms with E-state index in [-0.39, 0.29) is 29.3 Å². The number of benzene rings is 1. The van der Waals surface area contributed by atoms with Crippen molar-refractivity contribution in [1.29, 1.82) is 0 Å². The van der Waals surface area contributed by atoms with Gasteiger partial charge in [-0.3, -0.25) is 9.59 Å². The summed E-state index contributed by atoms with van der Waals surface area (Å²) in [5.74, 6) is 1.47. The molecule has 0 N–H and O–H groups in total.